The molecule has 0 aliphatic heterocycles. The Morgan fingerprint density at radius 3 is 2.03 bits per heavy atom. The fourth-order valence-electron chi connectivity index (χ4n) is 3.59. The van der Waals surface area contributed by atoms with Gasteiger partial charge in [-0.2, -0.15) is 0 Å². The molecular weight excluding hydrogens is 430 g/mol. The first-order valence-electron chi connectivity index (χ1n) is 10.7. The lowest BCUT2D eigenvalue weighted by Gasteiger charge is -2.33. The van der Waals surface area contributed by atoms with Gasteiger partial charge in [-0.15, -0.1) is 0 Å². The van der Waals surface area contributed by atoms with Crippen molar-refractivity contribution in [3.63, 3.8) is 0 Å². The summed E-state index contributed by atoms with van der Waals surface area (Å²) in [5.74, 6) is 0.0200. The lowest BCUT2D eigenvalue weighted by atomic mass is 10.1. The van der Waals surface area contributed by atoms with Gasteiger partial charge in [0.15, 0.2) is 5.82 Å². The number of nitrogens with two attached hydrogens (primary N) is 1. The smallest absolute Gasteiger partial charge is 0.330 e. The number of urea groups is 1. The number of nitrogen functional groups attached to an aromatic ring is 1. The average molecular weight is 455 g/mol. The number of amides is 2. The molecule has 4 aromatic rings. The van der Waals surface area contributed by atoms with Crippen molar-refractivity contribution in [3.05, 3.63) is 120 Å². The number of anilines is 4. The van der Waals surface area contributed by atoms with Gasteiger partial charge in [0, 0.05) is 25.0 Å². The second-order valence-electron chi connectivity index (χ2n) is 7.66. The lowest BCUT2D eigenvalue weighted by Crippen LogP contribution is -2.41. The Morgan fingerprint density at radius 2 is 1.41 bits per heavy atom. The summed E-state index contributed by atoms with van der Waals surface area (Å²) in [6.07, 6.45) is 1.47. The fourth-order valence-corrected chi connectivity index (χ4v) is 3.59. The third-order valence-electron chi connectivity index (χ3n) is 5.23. The molecule has 0 unspecified atom stereocenters. The highest BCUT2D eigenvalue weighted by Crippen LogP contribution is 2.33. The van der Waals surface area contributed by atoms with Gasteiger partial charge in [-0.3, -0.25) is 5.21 Å². The first-order valence-corrected chi connectivity index (χ1v) is 10.7. The molecule has 0 aliphatic rings. The summed E-state index contributed by atoms with van der Waals surface area (Å²) in [6.45, 7) is 0.607. The van der Waals surface area contributed by atoms with Crippen LogP contribution in [0.2, 0.25) is 0 Å². The van der Waals surface area contributed by atoms with E-state index in [0.29, 0.717) is 24.5 Å². The molecular formula is C26H24N5O3-. The average Bonchev–Trinajstić information content (AvgIpc) is 2.86. The molecule has 2 amide bonds. The maximum absolute atomic E-state index is 14.1. The predicted molar refractivity (Wildman–Crippen MR) is 132 cm³/mol. The number of hydrogen-bond acceptors (Lipinski definition) is 6. The molecule has 3 N–H and O–H groups in total. The first kappa shape index (κ1) is 22.8. The minimum Gasteiger partial charge on any atom is -0.733 e. The van der Waals surface area contributed by atoms with Crippen LogP contribution in [-0.2, 0) is 13.1 Å². The molecule has 8 nitrogen and oxygen atoms in total. The van der Waals surface area contributed by atoms with E-state index in [1.165, 1.54) is 23.2 Å². The Balaban J connectivity index is 1.78. The Bertz CT molecular complexity index is 1220. The van der Waals surface area contributed by atoms with Crippen molar-refractivity contribution in [1.82, 2.24) is 9.88 Å². The zero-order chi connectivity index (χ0) is 23.9. The van der Waals surface area contributed by atoms with E-state index in [0.717, 1.165) is 11.1 Å². The summed E-state index contributed by atoms with van der Waals surface area (Å²) in [6, 6.07) is 28.3. The molecule has 34 heavy (non-hydrogen) atoms. The molecule has 0 aliphatic carbocycles. The molecule has 1 heterocycles. The van der Waals surface area contributed by atoms with Crippen molar-refractivity contribution < 1.29 is 10.0 Å². The number of pyridine rings is 1. The molecule has 0 fully saturated rings. The van der Waals surface area contributed by atoms with E-state index in [4.69, 9.17) is 5.73 Å². The molecule has 0 saturated heterocycles. The van der Waals surface area contributed by atoms with Crippen LogP contribution in [0.1, 0.15) is 11.1 Å². The Morgan fingerprint density at radius 1 is 0.824 bits per heavy atom. The van der Waals surface area contributed by atoms with Gasteiger partial charge in [0.2, 0.25) is 0 Å². The molecule has 0 radical (unpaired) electrons. The van der Waals surface area contributed by atoms with Crippen LogP contribution < -0.4 is 15.9 Å². The number of benzene rings is 3. The quantitative estimate of drug-likeness (QED) is 0.289. The van der Waals surface area contributed by atoms with E-state index in [1.807, 2.05) is 48.5 Å². The van der Waals surface area contributed by atoms with Crippen molar-refractivity contribution in [2.24, 2.45) is 0 Å². The largest absolute Gasteiger partial charge is 0.733 e. The molecule has 0 atom stereocenters. The van der Waals surface area contributed by atoms with Gasteiger partial charge in [0.1, 0.15) is 0 Å². The van der Waals surface area contributed by atoms with Crippen LogP contribution in [0.5, 0.6) is 0 Å². The maximum Gasteiger partial charge on any atom is 0.330 e. The number of para-hydroxylation sites is 1. The third kappa shape index (κ3) is 5.32. The summed E-state index contributed by atoms with van der Waals surface area (Å²) < 4.78 is 0. The van der Waals surface area contributed by atoms with Crippen molar-refractivity contribution in [2.75, 3.05) is 15.9 Å². The van der Waals surface area contributed by atoms with E-state index in [-0.39, 0.29) is 16.7 Å². The van der Waals surface area contributed by atoms with Crippen LogP contribution in [-0.4, -0.2) is 21.1 Å². The zero-order valence-corrected chi connectivity index (χ0v) is 18.4. The monoisotopic (exact) mass is 454 g/mol. The van der Waals surface area contributed by atoms with Crippen LogP contribution in [0.3, 0.4) is 0 Å². The van der Waals surface area contributed by atoms with E-state index < -0.39 is 6.03 Å². The minimum absolute atomic E-state index is 0.0200. The lowest BCUT2D eigenvalue weighted by molar-refractivity contribution is 0.201. The van der Waals surface area contributed by atoms with Crippen LogP contribution in [0.4, 0.5) is 27.7 Å². The summed E-state index contributed by atoms with van der Waals surface area (Å²) >= 11 is 0. The van der Waals surface area contributed by atoms with E-state index >= 15 is 0 Å². The Kier molecular flexibility index (Phi) is 7.02. The molecule has 1 aromatic heterocycles. The number of aromatic nitrogens is 1. The Labute approximate surface area is 197 Å². The Hall–Kier alpha value is -4.40. The van der Waals surface area contributed by atoms with Crippen molar-refractivity contribution >= 4 is 28.9 Å². The van der Waals surface area contributed by atoms with Crippen LogP contribution in [0.25, 0.3) is 0 Å². The van der Waals surface area contributed by atoms with Gasteiger partial charge in [0.05, 0.1) is 11.4 Å². The molecule has 0 bridgehead atoms. The number of rotatable bonds is 7. The molecule has 172 valence electrons. The van der Waals surface area contributed by atoms with Crippen molar-refractivity contribution in [3.8, 4) is 0 Å². The number of nitrogens with zero attached hydrogens (tertiary/aromatic N) is 4. The van der Waals surface area contributed by atoms with Crippen LogP contribution in [0, 0.1) is 5.21 Å². The second-order valence-corrected chi connectivity index (χ2v) is 7.66. The zero-order valence-electron chi connectivity index (χ0n) is 18.4. The second kappa shape index (κ2) is 10.5. The molecule has 0 spiro atoms. The van der Waals surface area contributed by atoms with Gasteiger partial charge in [-0.1, -0.05) is 60.7 Å². The fraction of sp³-hybridized carbons (Fsp3) is 0.0769. The number of carbonyl (C=O) groups is 1. The van der Waals surface area contributed by atoms with E-state index in [1.54, 1.807) is 41.3 Å². The first-order chi connectivity index (χ1) is 16.5. The van der Waals surface area contributed by atoms with E-state index in [2.05, 4.69) is 4.98 Å². The summed E-state index contributed by atoms with van der Waals surface area (Å²) in [5.41, 5.74) is 8.65. The highest BCUT2D eigenvalue weighted by Gasteiger charge is 2.27. The van der Waals surface area contributed by atoms with Gasteiger partial charge in [-0.05, 0) is 47.5 Å². The van der Waals surface area contributed by atoms with E-state index in [9.17, 15) is 15.2 Å². The maximum atomic E-state index is 14.1. The van der Waals surface area contributed by atoms with Gasteiger partial charge in [0.25, 0.3) is 0 Å². The highest BCUT2D eigenvalue weighted by atomic mass is 16.8. The van der Waals surface area contributed by atoms with Crippen molar-refractivity contribution in [1.29, 1.82) is 0 Å². The summed E-state index contributed by atoms with van der Waals surface area (Å²) in [4.78, 5) is 21.3. The third-order valence-corrected chi connectivity index (χ3v) is 5.23. The number of hydrogen-bond donors (Lipinski definition) is 2. The topological polar surface area (TPSA) is 109 Å². The van der Waals surface area contributed by atoms with Crippen LogP contribution in [0.15, 0.2) is 103 Å². The van der Waals surface area contributed by atoms with Gasteiger partial charge < -0.3 is 21.1 Å². The van der Waals surface area contributed by atoms with Crippen molar-refractivity contribution in [2.45, 2.75) is 13.1 Å². The normalized spacial score (nSPS) is 10.5. The predicted octanol–water partition coefficient (Wildman–Crippen LogP) is 5.32. The minimum atomic E-state index is -0.409. The molecule has 0 saturated carbocycles. The van der Waals surface area contributed by atoms with Gasteiger partial charge >= 0.3 is 6.03 Å². The molecule has 8 heteroatoms. The summed E-state index contributed by atoms with van der Waals surface area (Å²) in [7, 11) is 0. The SMILES string of the molecule is Nc1ccc(CN(Cc2ccccc2)C(=O)N(c2ccccc2)c2ncccc2N([O-])O)cc1. The van der Waals surface area contributed by atoms with Gasteiger partial charge in [-0.25, -0.2) is 14.7 Å². The standard InChI is InChI=1S/C26H24N5O3/c27-22-15-13-21(14-16-22)19-29(18-20-8-3-1-4-9-20)26(32)30(23-10-5-2-6-11-23)25-24(31(33)34)12-7-17-28-25/h1-17,33H,18-19,27H2/q-1. The molecule has 4 rings (SSSR count). The number of carbonyl (C=O) groups excluding carboxylic acids is 1. The molecule has 3 aromatic carbocycles. The van der Waals surface area contributed by atoms with Crippen LogP contribution >= 0.6 is 0 Å². The summed E-state index contributed by atoms with van der Waals surface area (Å²) in [5, 5.41) is 21.3. The highest BCUT2D eigenvalue weighted by molar-refractivity contribution is 6.01.